The first-order chi connectivity index (χ1) is 6.86. The van der Waals surface area contributed by atoms with Crippen molar-refractivity contribution in [3.05, 3.63) is 35.9 Å². The lowest BCUT2D eigenvalue weighted by Gasteiger charge is -2.11. The molecule has 0 saturated heterocycles. The molecule has 0 bridgehead atoms. The number of carbonyl (C=O) groups excluding carboxylic acids is 1. The summed E-state index contributed by atoms with van der Waals surface area (Å²) in [4.78, 5) is 11.2. The van der Waals surface area contributed by atoms with Gasteiger partial charge in [-0.2, -0.15) is 5.10 Å². The van der Waals surface area contributed by atoms with Gasteiger partial charge in [-0.05, 0) is 12.0 Å². The van der Waals surface area contributed by atoms with Gasteiger partial charge in [0.15, 0.2) is 0 Å². The van der Waals surface area contributed by atoms with Crippen LogP contribution < -0.4 is 0 Å². The minimum Gasteiger partial charge on any atom is -0.273 e. The number of rotatable bonds is 3. The lowest BCUT2D eigenvalue weighted by molar-refractivity contribution is -0.128. The smallest absolute Gasteiger partial charge is 0.248 e. The van der Waals surface area contributed by atoms with Crippen LogP contribution in [0.4, 0.5) is 0 Å². The number of benzene rings is 1. The summed E-state index contributed by atoms with van der Waals surface area (Å²) < 4.78 is 0. The van der Waals surface area contributed by atoms with Crippen molar-refractivity contribution in [2.45, 2.75) is 12.8 Å². The van der Waals surface area contributed by atoms with Crippen molar-refractivity contribution in [2.24, 2.45) is 5.10 Å². The van der Waals surface area contributed by atoms with Crippen molar-refractivity contribution >= 4 is 12.1 Å². The van der Waals surface area contributed by atoms with Crippen LogP contribution >= 0.6 is 0 Å². The van der Waals surface area contributed by atoms with E-state index in [0.717, 1.165) is 6.42 Å². The summed E-state index contributed by atoms with van der Waals surface area (Å²) in [6.45, 7) is 0.680. The normalized spacial score (nSPS) is 15.1. The first kappa shape index (κ1) is 8.94. The van der Waals surface area contributed by atoms with E-state index in [9.17, 15) is 4.79 Å². The summed E-state index contributed by atoms with van der Waals surface area (Å²) in [5, 5.41) is 5.53. The molecule has 0 fully saturated rings. The summed E-state index contributed by atoms with van der Waals surface area (Å²) in [6, 6.07) is 10.1. The molecule has 0 spiro atoms. The molecule has 3 heteroatoms. The summed E-state index contributed by atoms with van der Waals surface area (Å²) in [6.07, 6.45) is 2.98. The lowest BCUT2D eigenvalue weighted by atomic mass is 10.1. The Kier molecular flexibility index (Phi) is 2.58. The van der Waals surface area contributed by atoms with Gasteiger partial charge in [0.1, 0.15) is 0 Å². The molecule has 2 rings (SSSR count). The largest absolute Gasteiger partial charge is 0.273 e. The van der Waals surface area contributed by atoms with E-state index in [1.807, 2.05) is 18.2 Å². The Bertz CT molecular complexity index is 346. The second-order valence-corrected chi connectivity index (χ2v) is 3.25. The van der Waals surface area contributed by atoms with Gasteiger partial charge >= 0.3 is 0 Å². The maximum absolute atomic E-state index is 11.2. The molecule has 72 valence electrons. The van der Waals surface area contributed by atoms with Gasteiger partial charge in [0.2, 0.25) is 5.91 Å². The number of hydrazone groups is 1. The second kappa shape index (κ2) is 4.05. The molecule has 0 saturated carbocycles. The van der Waals surface area contributed by atoms with E-state index < -0.39 is 0 Å². The van der Waals surface area contributed by atoms with Gasteiger partial charge < -0.3 is 0 Å². The maximum Gasteiger partial charge on any atom is 0.248 e. The number of hydrogen-bond acceptors (Lipinski definition) is 2. The summed E-state index contributed by atoms with van der Waals surface area (Å²) in [5.41, 5.74) is 1.24. The Hall–Kier alpha value is -1.64. The third-order valence-electron chi connectivity index (χ3n) is 2.23. The van der Waals surface area contributed by atoms with Gasteiger partial charge in [0.25, 0.3) is 0 Å². The third-order valence-corrected chi connectivity index (χ3v) is 2.23. The molecule has 0 atom stereocenters. The first-order valence-electron chi connectivity index (χ1n) is 4.73. The maximum atomic E-state index is 11.2. The fraction of sp³-hybridized carbons (Fsp3) is 0.273. The topological polar surface area (TPSA) is 32.7 Å². The molecule has 1 amide bonds. The molecule has 1 aliphatic rings. The molecule has 0 unspecified atom stereocenters. The lowest BCUT2D eigenvalue weighted by Crippen LogP contribution is -2.23. The molecular formula is C11H12N2O. The van der Waals surface area contributed by atoms with E-state index in [1.165, 1.54) is 10.6 Å². The molecule has 1 aliphatic heterocycles. The van der Waals surface area contributed by atoms with E-state index in [2.05, 4.69) is 17.2 Å². The zero-order valence-electron chi connectivity index (χ0n) is 7.89. The molecule has 1 aromatic carbocycles. The predicted octanol–water partition coefficient (Wildman–Crippen LogP) is 1.45. The average Bonchev–Trinajstić information content (AvgIpc) is 2.63. The molecule has 0 N–H and O–H groups in total. The monoisotopic (exact) mass is 188 g/mol. The Balaban J connectivity index is 1.89. The Morgan fingerprint density at radius 2 is 2.07 bits per heavy atom. The van der Waals surface area contributed by atoms with E-state index in [1.54, 1.807) is 6.21 Å². The highest BCUT2D eigenvalue weighted by atomic mass is 16.2. The van der Waals surface area contributed by atoms with Gasteiger partial charge in [-0.1, -0.05) is 30.3 Å². The van der Waals surface area contributed by atoms with Gasteiger partial charge in [-0.25, -0.2) is 5.01 Å². The highest BCUT2D eigenvalue weighted by Gasteiger charge is 2.15. The van der Waals surface area contributed by atoms with Gasteiger partial charge in [0.05, 0.1) is 6.42 Å². The third kappa shape index (κ3) is 1.99. The van der Waals surface area contributed by atoms with E-state index in [4.69, 9.17) is 0 Å². The van der Waals surface area contributed by atoms with Crippen molar-refractivity contribution in [2.75, 3.05) is 6.54 Å². The Morgan fingerprint density at radius 3 is 2.71 bits per heavy atom. The molecule has 0 aromatic heterocycles. The summed E-state index contributed by atoms with van der Waals surface area (Å²) in [7, 11) is 0. The Labute approximate surface area is 83.0 Å². The molecule has 3 nitrogen and oxygen atoms in total. The van der Waals surface area contributed by atoms with Crippen molar-refractivity contribution in [3.8, 4) is 0 Å². The summed E-state index contributed by atoms with van der Waals surface area (Å²) >= 11 is 0. The van der Waals surface area contributed by atoms with Crippen LogP contribution in [0, 0.1) is 0 Å². The minimum atomic E-state index is 0.0981. The quantitative estimate of drug-likeness (QED) is 0.706. The fourth-order valence-electron chi connectivity index (χ4n) is 1.45. The number of hydrogen-bond donors (Lipinski definition) is 0. The van der Waals surface area contributed by atoms with Crippen molar-refractivity contribution in [1.82, 2.24) is 5.01 Å². The van der Waals surface area contributed by atoms with Crippen LogP contribution in [0.2, 0.25) is 0 Å². The SMILES string of the molecule is O=C1CC=NN1CCc1ccccc1. The van der Waals surface area contributed by atoms with Gasteiger partial charge in [0, 0.05) is 12.8 Å². The van der Waals surface area contributed by atoms with Crippen molar-refractivity contribution < 1.29 is 4.79 Å². The number of nitrogens with zero attached hydrogens (tertiary/aromatic N) is 2. The van der Waals surface area contributed by atoms with Crippen LogP contribution in [0.25, 0.3) is 0 Å². The van der Waals surface area contributed by atoms with E-state index in [0.29, 0.717) is 13.0 Å². The zero-order chi connectivity index (χ0) is 9.80. The molecule has 0 radical (unpaired) electrons. The average molecular weight is 188 g/mol. The molecule has 0 aliphatic carbocycles. The first-order valence-corrected chi connectivity index (χ1v) is 4.73. The molecular weight excluding hydrogens is 176 g/mol. The Morgan fingerprint density at radius 1 is 1.29 bits per heavy atom. The summed E-state index contributed by atoms with van der Waals surface area (Å²) in [5.74, 6) is 0.0981. The fourth-order valence-corrected chi connectivity index (χ4v) is 1.45. The van der Waals surface area contributed by atoms with Crippen LogP contribution in [0.3, 0.4) is 0 Å². The van der Waals surface area contributed by atoms with Crippen LogP contribution in [0.15, 0.2) is 35.4 Å². The predicted molar refractivity (Wildman–Crippen MR) is 55.0 cm³/mol. The van der Waals surface area contributed by atoms with Crippen LogP contribution in [0.5, 0.6) is 0 Å². The van der Waals surface area contributed by atoms with E-state index >= 15 is 0 Å². The number of amides is 1. The van der Waals surface area contributed by atoms with Gasteiger partial charge in [-0.3, -0.25) is 4.79 Å². The van der Waals surface area contributed by atoms with Crippen LogP contribution in [-0.4, -0.2) is 23.7 Å². The highest BCUT2D eigenvalue weighted by Crippen LogP contribution is 2.05. The van der Waals surface area contributed by atoms with Crippen LogP contribution in [0.1, 0.15) is 12.0 Å². The molecule has 1 heterocycles. The van der Waals surface area contributed by atoms with E-state index in [-0.39, 0.29) is 5.91 Å². The minimum absolute atomic E-state index is 0.0981. The van der Waals surface area contributed by atoms with Crippen molar-refractivity contribution in [3.63, 3.8) is 0 Å². The van der Waals surface area contributed by atoms with Crippen LogP contribution in [-0.2, 0) is 11.2 Å². The highest BCUT2D eigenvalue weighted by molar-refractivity contribution is 5.93. The second-order valence-electron chi connectivity index (χ2n) is 3.25. The van der Waals surface area contributed by atoms with Gasteiger partial charge in [-0.15, -0.1) is 0 Å². The number of carbonyl (C=O) groups is 1. The standard InChI is InChI=1S/C11H12N2O/c14-11-6-8-12-13(11)9-7-10-4-2-1-3-5-10/h1-5,8H,6-7,9H2. The zero-order valence-corrected chi connectivity index (χ0v) is 7.89. The molecule has 14 heavy (non-hydrogen) atoms. The van der Waals surface area contributed by atoms with Crippen molar-refractivity contribution in [1.29, 1.82) is 0 Å². The molecule has 1 aromatic rings.